The van der Waals surface area contributed by atoms with Crippen LogP contribution >= 0.6 is 15.9 Å². The number of benzene rings is 1. The molecule has 0 atom stereocenters. The molecule has 1 aliphatic rings. The van der Waals surface area contributed by atoms with E-state index in [2.05, 4.69) is 33.4 Å². The molecule has 2 rings (SSSR count). The largest absolute Gasteiger partial charge is 0.343 e. The predicted octanol–water partition coefficient (Wildman–Crippen LogP) is 2.59. The van der Waals surface area contributed by atoms with Crippen molar-refractivity contribution in [3.05, 3.63) is 34.3 Å². The number of nitrogens with zero attached hydrogens (tertiary/aromatic N) is 1. The van der Waals surface area contributed by atoms with E-state index in [1.807, 2.05) is 24.1 Å². The fourth-order valence-electron chi connectivity index (χ4n) is 2.52. The number of nitrogens with one attached hydrogen (secondary N) is 1. The van der Waals surface area contributed by atoms with Gasteiger partial charge < -0.3 is 10.2 Å². The highest BCUT2D eigenvalue weighted by molar-refractivity contribution is 9.10. The van der Waals surface area contributed by atoms with Gasteiger partial charge in [0.05, 0.1) is 0 Å². The third kappa shape index (κ3) is 4.32. The Bertz CT molecular complexity index is 430. The summed E-state index contributed by atoms with van der Waals surface area (Å²) in [6.07, 6.45) is 3.54. The van der Waals surface area contributed by atoms with Gasteiger partial charge in [0, 0.05) is 24.0 Å². The molecule has 104 valence electrons. The van der Waals surface area contributed by atoms with Gasteiger partial charge in [-0.1, -0.05) is 28.1 Å². The van der Waals surface area contributed by atoms with Crippen LogP contribution in [0, 0.1) is 0 Å². The molecule has 0 aliphatic carbocycles. The molecule has 1 aromatic rings. The molecule has 0 spiro atoms. The molecule has 0 radical (unpaired) electrons. The number of piperidine rings is 1. The maximum absolute atomic E-state index is 12.2. The van der Waals surface area contributed by atoms with Crippen molar-refractivity contribution in [2.24, 2.45) is 0 Å². The number of aryl methyl sites for hydroxylation is 1. The van der Waals surface area contributed by atoms with Gasteiger partial charge in [0.15, 0.2) is 0 Å². The van der Waals surface area contributed by atoms with E-state index in [0.29, 0.717) is 12.5 Å². The predicted molar refractivity (Wildman–Crippen MR) is 81.1 cm³/mol. The van der Waals surface area contributed by atoms with Crippen LogP contribution in [-0.2, 0) is 11.2 Å². The summed E-state index contributed by atoms with van der Waals surface area (Å²) < 4.78 is 1.07. The maximum atomic E-state index is 12.2. The van der Waals surface area contributed by atoms with Crippen LogP contribution in [-0.4, -0.2) is 37.0 Å². The number of halogens is 1. The lowest BCUT2D eigenvalue weighted by molar-refractivity contribution is -0.132. The first-order valence-electron chi connectivity index (χ1n) is 6.87. The van der Waals surface area contributed by atoms with Gasteiger partial charge in [-0.2, -0.15) is 0 Å². The number of carbonyl (C=O) groups is 1. The van der Waals surface area contributed by atoms with E-state index in [1.165, 1.54) is 5.56 Å². The van der Waals surface area contributed by atoms with E-state index in [-0.39, 0.29) is 5.91 Å². The van der Waals surface area contributed by atoms with Crippen LogP contribution in [0.1, 0.15) is 24.8 Å². The molecule has 0 saturated carbocycles. The zero-order valence-electron chi connectivity index (χ0n) is 11.4. The molecule has 1 heterocycles. The molecule has 0 aromatic heterocycles. The van der Waals surface area contributed by atoms with Crippen molar-refractivity contribution in [3.8, 4) is 0 Å². The summed E-state index contributed by atoms with van der Waals surface area (Å²) in [6.45, 7) is 2.04. The van der Waals surface area contributed by atoms with Gasteiger partial charge in [0.2, 0.25) is 5.91 Å². The number of rotatable bonds is 4. The summed E-state index contributed by atoms with van der Waals surface area (Å²) in [5.41, 5.74) is 1.21. The Hall–Kier alpha value is -0.870. The highest BCUT2D eigenvalue weighted by Gasteiger charge is 2.21. The van der Waals surface area contributed by atoms with E-state index in [9.17, 15) is 4.79 Å². The minimum Gasteiger partial charge on any atom is -0.343 e. The number of carbonyl (C=O) groups excluding carboxylic acids is 1. The lowest BCUT2D eigenvalue weighted by Gasteiger charge is -2.31. The minimum atomic E-state index is 0.256. The maximum Gasteiger partial charge on any atom is 0.222 e. The first-order valence-corrected chi connectivity index (χ1v) is 7.67. The lowest BCUT2D eigenvalue weighted by Crippen LogP contribution is -2.44. The van der Waals surface area contributed by atoms with Gasteiger partial charge in [-0.25, -0.2) is 0 Å². The van der Waals surface area contributed by atoms with Crippen molar-refractivity contribution in [3.63, 3.8) is 0 Å². The zero-order chi connectivity index (χ0) is 13.7. The Labute approximate surface area is 123 Å². The van der Waals surface area contributed by atoms with Gasteiger partial charge >= 0.3 is 0 Å². The molecule has 0 unspecified atom stereocenters. The van der Waals surface area contributed by atoms with E-state index >= 15 is 0 Å². The lowest BCUT2D eigenvalue weighted by atomic mass is 10.0. The van der Waals surface area contributed by atoms with Crippen molar-refractivity contribution in [2.45, 2.75) is 31.7 Å². The fraction of sp³-hybridized carbons (Fsp3) is 0.533. The van der Waals surface area contributed by atoms with Crippen LogP contribution in [0.15, 0.2) is 28.7 Å². The average Bonchev–Trinajstić information content (AvgIpc) is 2.45. The average molecular weight is 325 g/mol. The number of amides is 1. The molecule has 1 N–H and O–H groups in total. The monoisotopic (exact) mass is 324 g/mol. The van der Waals surface area contributed by atoms with Gasteiger partial charge in [0.1, 0.15) is 0 Å². The quantitative estimate of drug-likeness (QED) is 0.923. The second-order valence-corrected chi connectivity index (χ2v) is 6.03. The van der Waals surface area contributed by atoms with E-state index < -0.39 is 0 Å². The molecule has 1 saturated heterocycles. The summed E-state index contributed by atoms with van der Waals surface area (Å²) in [6, 6.07) is 8.59. The normalized spacial score (nSPS) is 16.3. The Balaban J connectivity index is 1.83. The molecular weight excluding hydrogens is 304 g/mol. The van der Waals surface area contributed by atoms with Gasteiger partial charge in [-0.3, -0.25) is 4.79 Å². The SMILES string of the molecule is CN(C(=O)CCc1cccc(Br)c1)C1CCNCC1. The second kappa shape index (κ2) is 7.06. The standard InChI is InChI=1S/C15H21BrN2O/c1-18(14-7-9-17-10-8-14)15(19)6-5-12-3-2-4-13(16)11-12/h2-4,11,14,17H,5-10H2,1H3. The van der Waals surface area contributed by atoms with Crippen LogP contribution < -0.4 is 5.32 Å². The van der Waals surface area contributed by atoms with Crippen molar-refractivity contribution < 1.29 is 4.79 Å². The smallest absolute Gasteiger partial charge is 0.222 e. The Kier molecular flexibility index (Phi) is 5.40. The zero-order valence-corrected chi connectivity index (χ0v) is 12.9. The van der Waals surface area contributed by atoms with Crippen molar-refractivity contribution in [1.29, 1.82) is 0 Å². The van der Waals surface area contributed by atoms with Crippen LogP contribution in [0.25, 0.3) is 0 Å². The molecule has 0 bridgehead atoms. The Morgan fingerprint density at radius 3 is 2.84 bits per heavy atom. The highest BCUT2D eigenvalue weighted by Crippen LogP contribution is 2.15. The third-order valence-electron chi connectivity index (χ3n) is 3.77. The topological polar surface area (TPSA) is 32.3 Å². The van der Waals surface area contributed by atoms with Gasteiger partial charge in [-0.05, 0) is 50.0 Å². The minimum absolute atomic E-state index is 0.256. The van der Waals surface area contributed by atoms with Crippen LogP contribution in [0.5, 0.6) is 0 Å². The number of hydrogen-bond acceptors (Lipinski definition) is 2. The summed E-state index contributed by atoms with van der Waals surface area (Å²) in [4.78, 5) is 14.1. The molecule has 1 amide bonds. The van der Waals surface area contributed by atoms with Crippen molar-refractivity contribution in [2.75, 3.05) is 20.1 Å². The molecular formula is C15H21BrN2O. The number of hydrogen-bond donors (Lipinski definition) is 1. The van der Waals surface area contributed by atoms with E-state index in [0.717, 1.165) is 36.8 Å². The van der Waals surface area contributed by atoms with Gasteiger partial charge in [0.25, 0.3) is 0 Å². The Morgan fingerprint density at radius 1 is 1.42 bits per heavy atom. The summed E-state index contributed by atoms with van der Waals surface area (Å²) in [7, 11) is 1.94. The molecule has 3 nitrogen and oxygen atoms in total. The van der Waals surface area contributed by atoms with Crippen molar-refractivity contribution in [1.82, 2.24) is 10.2 Å². The first-order chi connectivity index (χ1) is 9.16. The molecule has 1 fully saturated rings. The molecule has 1 aromatic carbocycles. The summed E-state index contributed by atoms with van der Waals surface area (Å²) in [5, 5.41) is 3.33. The van der Waals surface area contributed by atoms with Crippen LogP contribution in [0.4, 0.5) is 0 Å². The summed E-state index contributed by atoms with van der Waals surface area (Å²) in [5.74, 6) is 0.256. The molecule has 19 heavy (non-hydrogen) atoms. The Morgan fingerprint density at radius 2 is 2.16 bits per heavy atom. The second-order valence-electron chi connectivity index (χ2n) is 5.12. The first kappa shape index (κ1) is 14.5. The molecule has 4 heteroatoms. The van der Waals surface area contributed by atoms with Crippen molar-refractivity contribution >= 4 is 21.8 Å². The van der Waals surface area contributed by atoms with E-state index in [1.54, 1.807) is 0 Å². The van der Waals surface area contributed by atoms with Crippen LogP contribution in [0.2, 0.25) is 0 Å². The van der Waals surface area contributed by atoms with Crippen LogP contribution in [0.3, 0.4) is 0 Å². The highest BCUT2D eigenvalue weighted by atomic mass is 79.9. The molecule has 1 aliphatic heterocycles. The van der Waals surface area contributed by atoms with Gasteiger partial charge in [-0.15, -0.1) is 0 Å². The fourth-order valence-corrected chi connectivity index (χ4v) is 2.96. The van der Waals surface area contributed by atoms with E-state index in [4.69, 9.17) is 0 Å². The third-order valence-corrected chi connectivity index (χ3v) is 4.26. The summed E-state index contributed by atoms with van der Waals surface area (Å²) >= 11 is 3.46.